The van der Waals surface area contributed by atoms with Crippen molar-refractivity contribution in [2.45, 2.75) is 26.7 Å². The Balaban J connectivity index is 1.57. The molecule has 1 atom stereocenters. The number of hydrogen-bond donors (Lipinski definition) is 2. The van der Waals surface area contributed by atoms with E-state index in [1.165, 1.54) is 0 Å². The number of carbonyl (C=O) groups excluding carboxylic acids is 2. The predicted molar refractivity (Wildman–Crippen MR) is 107 cm³/mol. The number of amides is 2. The van der Waals surface area contributed by atoms with Crippen LogP contribution >= 0.6 is 11.6 Å². The molecule has 0 aliphatic carbocycles. The summed E-state index contributed by atoms with van der Waals surface area (Å²) in [5.41, 5.74) is 2.33. The molecule has 6 heteroatoms. The molecule has 2 N–H and O–H groups in total. The largest absolute Gasteiger partial charge is 0.492 e. The normalized spacial score (nSPS) is 15.6. The fourth-order valence-electron chi connectivity index (χ4n) is 3.00. The van der Waals surface area contributed by atoms with Crippen LogP contribution in [0.3, 0.4) is 0 Å². The molecule has 0 bridgehead atoms. The zero-order valence-electron chi connectivity index (χ0n) is 15.4. The summed E-state index contributed by atoms with van der Waals surface area (Å²) in [6.07, 6.45) is 1.07. The van der Waals surface area contributed by atoms with Crippen molar-refractivity contribution in [2.75, 3.05) is 17.2 Å². The number of halogens is 1. The molecule has 3 rings (SSSR count). The standard InChI is InChI=1S/C21H23ClN2O3/c1-13(2)9-20(25)23-17-4-6-18(7-5-17)24-21(26)15-10-14-11-16(22)3-8-19(14)27-12-15/h3-8,11,13,15H,9-10,12H2,1-2H3,(H,23,25)(H,24,26). The Labute approximate surface area is 164 Å². The molecule has 2 amide bonds. The van der Waals surface area contributed by atoms with Gasteiger partial charge in [-0.2, -0.15) is 0 Å². The first kappa shape index (κ1) is 19.2. The van der Waals surface area contributed by atoms with E-state index >= 15 is 0 Å². The first-order chi connectivity index (χ1) is 12.9. The number of anilines is 2. The van der Waals surface area contributed by atoms with Gasteiger partial charge in [-0.25, -0.2) is 0 Å². The van der Waals surface area contributed by atoms with E-state index in [-0.39, 0.29) is 17.7 Å². The Morgan fingerprint density at radius 3 is 2.44 bits per heavy atom. The molecule has 142 valence electrons. The lowest BCUT2D eigenvalue weighted by Crippen LogP contribution is -2.32. The molecule has 0 saturated heterocycles. The molecule has 27 heavy (non-hydrogen) atoms. The number of ether oxygens (including phenoxy) is 1. The second kappa shape index (κ2) is 8.44. The topological polar surface area (TPSA) is 67.4 Å². The summed E-state index contributed by atoms with van der Waals surface area (Å²) in [7, 11) is 0. The molecular weight excluding hydrogens is 364 g/mol. The smallest absolute Gasteiger partial charge is 0.231 e. The molecule has 1 heterocycles. The molecule has 0 fully saturated rings. The van der Waals surface area contributed by atoms with E-state index < -0.39 is 0 Å². The Kier molecular flexibility index (Phi) is 6.01. The van der Waals surface area contributed by atoms with Crippen molar-refractivity contribution in [1.29, 1.82) is 0 Å². The average Bonchev–Trinajstić information content (AvgIpc) is 2.62. The number of fused-ring (bicyclic) bond motifs is 1. The Morgan fingerprint density at radius 2 is 1.78 bits per heavy atom. The van der Waals surface area contributed by atoms with Gasteiger partial charge in [0.15, 0.2) is 0 Å². The Hall–Kier alpha value is -2.53. The van der Waals surface area contributed by atoms with E-state index in [0.29, 0.717) is 41.8 Å². The lowest BCUT2D eigenvalue weighted by atomic mass is 9.96. The third-order valence-corrected chi connectivity index (χ3v) is 4.56. The van der Waals surface area contributed by atoms with Crippen LogP contribution in [0.2, 0.25) is 5.02 Å². The zero-order chi connectivity index (χ0) is 19.4. The second-order valence-corrected chi connectivity index (χ2v) is 7.61. The quantitative estimate of drug-likeness (QED) is 0.794. The number of nitrogens with one attached hydrogen (secondary N) is 2. The summed E-state index contributed by atoms with van der Waals surface area (Å²) < 4.78 is 5.68. The van der Waals surface area contributed by atoms with Gasteiger partial charge < -0.3 is 15.4 Å². The van der Waals surface area contributed by atoms with E-state index in [0.717, 1.165) is 11.3 Å². The van der Waals surface area contributed by atoms with Gasteiger partial charge in [0.05, 0.1) is 5.92 Å². The first-order valence-corrected chi connectivity index (χ1v) is 9.40. The maximum Gasteiger partial charge on any atom is 0.231 e. The highest BCUT2D eigenvalue weighted by molar-refractivity contribution is 6.30. The number of rotatable bonds is 5. The maximum absolute atomic E-state index is 12.6. The van der Waals surface area contributed by atoms with Crippen LogP contribution in [0.5, 0.6) is 5.75 Å². The Bertz CT molecular complexity index is 834. The summed E-state index contributed by atoms with van der Waals surface area (Å²) in [6.45, 7) is 4.34. The van der Waals surface area contributed by atoms with Crippen LogP contribution in [0.1, 0.15) is 25.8 Å². The molecule has 0 saturated carbocycles. The molecule has 1 aliphatic rings. The average molecular weight is 387 g/mol. The highest BCUT2D eigenvalue weighted by Gasteiger charge is 2.26. The Morgan fingerprint density at radius 1 is 1.11 bits per heavy atom. The molecule has 5 nitrogen and oxygen atoms in total. The predicted octanol–water partition coefficient (Wildman–Crippen LogP) is 4.51. The highest BCUT2D eigenvalue weighted by Crippen LogP contribution is 2.30. The summed E-state index contributed by atoms with van der Waals surface area (Å²) in [6, 6.07) is 12.6. The minimum atomic E-state index is -0.276. The maximum atomic E-state index is 12.6. The lowest BCUT2D eigenvalue weighted by Gasteiger charge is -2.24. The van der Waals surface area contributed by atoms with Gasteiger partial charge in [0.25, 0.3) is 0 Å². The molecule has 2 aromatic rings. The van der Waals surface area contributed by atoms with Gasteiger partial charge in [-0.05, 0) is 60.4 Å². The van der Waals surface area contributed by atoms with Crippen molar-refractivity contribution in [3.63, 3.8) is 0 Å². The molecule has 1 unspecified atom stereocenters. The summed E-state index contributed by atoms with van der Waals surface area (Å²) >= 11 is 6.03. The van der Waals surface area contributed by atoms with Gasteiger partial charge in [0.2, 0.25) is 11.8 Å². The van der Waals surface area contributed by atoms with E-state index in [4.69, 9.17) is 16.3 Å². The van der Waals surface area contributed by atoms with Gasteiger partial charge in [-0.1, -0.05) is 25.4 Å². The van der Waals surface area contributed by atoms with Gasteiger partial charge in [-0.3, -0.25) is 9.59 Å². The van der Waals surface area contributed by atoms with Gasteiger partial charge >= 0.3 is 0 Å². The fraction of sp³-hybridized carbons (Fsp3) is 0.333. The van der Waals surface area contributed by atoms with Gasteiger partial charge in [0.1, 0.15) is 12.4 Å². The van der Waals surface area contributed by atoms with Crippen LogP contribution in [0.15, 0.2) is 42.5 Å². The fourth-order valence-corrected chi connectivity index (χ4v) is 3.19. The van der Waals surface area contributed by atoms with Crippen LogP contribution < -0.4 is 15.4 Å². The number of benzene rings is 2. The van der Waals surface area contributed by atoms with E-state index in [1.54, 1.807) is 30.3 Å². The van der Waals surface area contributed by atoms with E-state index in [1.807, 2.05) is 26.0 Å². The number of hydrogen-bond acceptors (Lipinski definition) is 3. The van der Waals surface area contributed by atoms with Crippen molar-refractivity contribution in [2.24, 2.45) is 11.8 Å². The summed E-state index contributed by atoms with van der Waals surface area (Å²) in [5, 5.41) is 6.39. The molecule has 0 spiro atoms. The molecule has 2 aromatic carbocycles. The molecule has 0 radical (unpaired) electrons. The lowest BCUT2D eigenvalue weighted by molar-refractivity contribution is -0.121. The van der Waals surface area contributed by atoms with E-state index in [9.17, 15) is 9.59 Å². The van der Waals surface area contributed by atoms with Crippen molar-refractivity contribution in [3.05, 3.63) is 53.1 Å². The molecular formula is C21H23ClN2O3. The third-order valence-electron chi connectivity index (χ3n) is 4.33. The SMILES string of the molecule is CC(C)CC(=O)Nc1ccc(NC(=O)C2COc3ccc(Cl)cc3C2)cc1. The van der Waals surface area contributed by atoms with Gasteiger partial charge in [-0.15, -0.1) is 0 Å². The number of carbonyl (C=O) groups is 2. The summed E-state index contributed by atoms with van der Waals surface area (Å²) in [4.78, 5) is 24.4. The first-order valence-electron chi connectivity index (χ1n) is 9.02. The molecule has 1 aliphatic heterocycles. The minimum absolute atomic E-state index is 0.0153. The van der Waals surface area contributed by atoms with Crippen molar-refractivity contribution in [1.82, 2.24) is 0 Å². The minimum Gasteiger partial charge on any atom is -0.492 e. The van der Waals surface area contributed by atoms with Crippen molar-refractivity contribution in [3.8, 4) is 5.75 Å². The second-order valence-electron chi connectivity index (χ2n) is 7.18. The molecule has 0 aromatic heterocycles. The van der Waals surface area contributed by atoms with E-state index in [2.05, 4.69) is 10.6 Å². The summed E-state index contributed by atoms with van der Waals surface area (Å²) in [5.74, 6) is 0.698. The van der Waals surface area contributed by atoms with Crippen LogP contribution in [0.4, 0.5) is 11.4 Å². The third kappa shape index (κ3) is 5.23. The van der Waals surface area contributed by atoms with Crippen LogP contribution in [0.25, 0.3) is 0 Å². The van der Waals surface area contributed by atoms with Crippen molar-refractivity contribution >= 4 is 34.8 Å². The van der Waals surface area contributed by atoms with Crippen LogP contribution in [-0.2, 0) is 16.0 Å². The van der Waals surface area contributed by atoms with Crippen LogP contribution in [0, 0.1) is 11.8 Å². The zero-order valence-corrected chi connectivity index (χ0v) is 16.2. The van der Waals surface area contributed by atoms with Crippen LogP contribution in [-0.4, -0.2) is 18.4 Å². The van der Waals surface area contributed by atoms with Gasteiger partial charge in [0, 0.05) is 22.8 Å². The van der Waals surface area contributed by atoms with Crippen molar-refractivity contribution < 1.29 is 14.3 Å². The highest BCUT2D eigenvalue weighted by atomic mass is 35.5. The monoisotopic (exact) mass is 386 g/mol.